The second kappa shape index (κ2) is 10.1. The second-order valence-electron chi connectivity index (χ2n) is 1.80. The molecule has 70 valence electrons. The van der Waals surface area contributed by atoms with Gasteiger partial charge in [0.2, 0.25) is 0 Å². The number of aromatic nitrogens is 2. The van der Waals surface area contributed by atoms with Crippen LogP contribution in [0.25, 0.3) is 0 Å². The van der Waals surface area contributed by atoms with Crippen molar-refractivity contribution < 1.29 is 0 Å². The van der Waals surface area contributed by atoms with Crippen molar-refractivity contribution in [2.45, 2.75) is 41.5 Å². The van der Waals surface area contributed by atoms with Gasteiger partial charge in [-0.25, -0.2) is 0 Å². The molecule has 0 saturated carbocycles. The van der Waals surface area contributed by atoms with Crippen molar-refractivity contribution in [2.75, 3.05) is 0 Å². The van der Waals surface area contributed by atoms with Crippen molar-refractivity contribution >= 4 is 0 Å². The minimum absolute atomic E-state index is 0.968. The number of rotatable bonds is 0. The van der Waals surface area contributed by atoms with Crippen molar-refractivity contribution in [3.8, 4) is 0 Å². The van der Waals surface area contributed by atoms with Crippen LogP contribution in [0.3, 0.4) is 0 Å². The molecular formula is C10H20N2. The van der Waals surface area contributed by atoms with Crippen LogP contribution in [0.1, 0.15) is 39.1 Å². The Morgan fingerprint density at radius 1 is 0.750 bits per heavy atom. The van der Waals surface area contributed by atoms with Gasteiger partial charge in [0, 0.05) is 12.4 Å². The summed E-state index contributed by atoms with van der Waals surface area (Å²) in [6, 6.07) is 0. The predicted octanol–water partition coefficient (Wildman–Crippen LogP) is 3.15. The highest BCUT2D eigenvalue weighted by Gasteiger charge is 1.82. The number of hydrogen-bond acceptors (Lipinski definition) is 2. The van der Waals surface area contributed by atoms with E-state index >= 15 is 0 Å². The summed E-state index contributed by atoms with van der Waals surface area (Å²) in [7, 11) is 0. The van der Waals surface area contributed by atoms with Crippen LogP contribution in [0.2, 0.25) is 0 Å². The van der Waals surface area contributed by atoms with Crippen LogP contribution >= 0.6 is 0 Å². The molecule has 0 unspecified atom stereocenters. The molecule has 1 rings (SSSR count). The van der Waals surface area contributed by atoms with Gasteiger partial charge in [0.1, 0.15) is 0 Å². The fraction of sp³-hybridized carbons (Fsp3) is 0.600. The van der Waals surface area contributed by atoms with E-state index in [0.717, 1.165) is 11.4 Å². The highest BCUT2D eigenvalue weighted by molar-refractivity contribution is 4.97. The lowest BCUT2D eigenvalue weighted by Gasteiger charge is -1.88. The van der Waals surface area contributed by atoms with Gasteiger partial charge in [-0.15, -0.1) is 0 Å². The highest BCUT2D eigenvalue weighted by atomic mass is 14.8. The zero-order chi connectivity index (χ0) is 9.98. The first kappa shape index (κ1) is 13.7. The maximum Gasteiger partial charge on any atom is 0.0555 e. The zero-order valence-corrected chi connectivity index (χ0v) is 9.05. The molecule has 1 aromatic rings. The largest absolute Gasteiger partial charge is 0.258 e. The van der Waals surface area contributed by atoms with Gasteiger partial charge in [-0.3, -0.25) is 9.97 Å². The van der Waals surface area contributed by atoms with Gasteiger partial charge in [0.05, 0.1) is 11.4 Å². The number of aryl methyl sites for hydroxylation is 2. The first-order valence-electron chi connectivity index (χ1n) is 4.54. The van der Waals surface area contributed by atoms with Gasteiger partial charge in [0.15, 0.2) is 0 Å². The van der Waals surface area contributed by atoms with E-state index in [1.54, 1.807) is 12.4 Å². The molecule has 0 radical (unpaired) electrons. The molecule has 0 saturated heterocycles. The van der Waals surface area contributed by atoms with E-state index in [1.165, 1.54) is 0 Å². The highest BCUT2D eigenvalue weighted by Crippen LogP contribution is 1.88. The summed E-state index contributed by atoms with van der Waals surface area (Å²) in [4.78, 5) is 8.03. The van der Waals surface area contributed by atoms with Crippen LogP contribution in [0.5, 0.6) is 0 Å². The van der Waals surface area contributed by atoms with Crippen LogP contribution < -0.4 is 0 Å². The van der Waals surface area contributed by atoms with E-state index in [9.17, 15) is 0 Å². The lowest BCUT2D eigenvalue weighted by molar-refractivity contribution is 1.06. The van der Waals surface area contributed by atoms with Crippen LogP contribution in [0.4, 0.5) is 0 Å². The molecule has 0 amide bonds. The smallest absolute Gasteiger partial charge is 0.0555 e. The molecule has 0 spiro atoms. The molecule has 0 aromatic carbocycles. The third-order valence-electron chi connectivity index (χ3n) is 0.910. The number of hydrogen-bond donors (Lipinski definition) is 0. The van der Waals surface area contributed by atoms with Gasteiger partial charge in [0.25, 0.3) is 0 Å². The molecule has 0 N–H and O–H groups in total. The Morgan fingerprint density at radius 3 is 1.17 bits per heavy atom. The van der Waals surface area contributed by atoms with Gasteiger partial charge in [-0.1, -0.05) is 27.7 Å². The maximum atomic E-state index is 4.02. The Morgan fingerprint density at radius 2 is 1.00 bits per heavy atom. The van der Waals surface area contributed by atoms with Gasteiger partial charge in [-0.05, 0) is 13.8 Å². The summed E-state index contributed by atoms with van der Waals surface area (Å²) in [5.41, 5.74) is 1.94. The molecule has 1 heterocycles. The van der Waals surface area contributed by atoms with Crippen molar-refractivity contribution in [2.24, 2.45) is 0 Å². The molecule has 2 heteroatoms. The summed E-state index contributed by atoms with van der Waals surface area (Å²) < 4.78 is 0. The lowest BCUT2D eigenvalue weighted by atomic mass is 10.5. The Bertz CT molecular complexity index is 147. The average Bonchev–Trinajstić information content (AvgIpc) is 2.17. The third kappa shape index (κ3) is 7.19. The number of nitrogens with zero attached hydrogens (tertiary/aromatic N) is 2. The van der Waals surface area contributed by atoms with Gasteiger partial charge in [-0.2, -0.15) is 0 Å². The minimum atomic E-state index is 0.968. The minimum Gasteiger partial charge on any atom is -0.258 e. The Labute approximate surface area is 76.1 Å². The quantitative estimate of drug-likeness (QED) is 0.594. The lowest BCUT2D eigenvalue weighted by Crippen LogP contribution is -1.84. The van der Waals surface area contributed by atoms with Crippen molar-refractivity contribution in [3.63, 3.8) is 0 Å². The van der Waals surface area contributed by atoms with E-state index in [-0.39, 0.29) is 0 Å². The molecule has 0 bridgehead atoms. The molecule has 1 aromatic heterocycles. The van der Waals surface area contributed by atoms with Gasteiger partial charge < -0.3 is 0 Å². The average molecular weight is 168 g/mol. The molecule has 0 atom stereocenters. The third-order valence-corrected chi connectivity index (χ3v) is 0.910. The predicted molar refractivity (Wildman–Crippen MR) is 54.2 cm³/mol. The summed E-state index contributed by atoms with van der Waals surface area (Å²) >= 11 is 0. The molecular weight excluding hydrogens is 148 g/mol. The van der Waals surface area contributed by atoms with E-state index in [1.807, 2.05) is 41.5 Å². The molecule has 0 fully saturated rings. The first-order chi connectivity index (χ1) is 5.79. The first-order valence-corrected chi connectivity index (χ1v) is 4.54. The normalized spacial score (nSPS) is 7.17. The van der Waals surface area contributed by atoms with E-state index in [4.69, 9.17) is 0 Å². The summed E-state index contributed by atoms with van der Waals surface area (Å²) in [5, 5.41) is 0. The zero-order valence-electron chi connectivity index (χ0n) is 9.05. The molecule has 0 aliphatic heterocycles. The van der Waals surface area contributed by atoms with Crippen LogP contribution in [0, 0.1) is 13.8 Å². The van der Waals surface area contributed by atoms with Crippen molar-refractivity contribution in [1.29, 1.82) is 0 Å². The van der Waals surface area contributed by atoms with E-state index in [2.05, 4.69) is 9.97 Å². The summed E-state index contributed by atoms with van der Waals surface area (Å²) in [6.45, 7) is 11.8. The van der Waals surface area contributed by atoms with E-state index in [0.29, 0.717) is 0 Å². The van der Waals surface area contributed by atoms with Gasteiger partial charge >= 0.3 is 0 Å². The topological polar surface area (TPSA) is 25.8 Å². The Hall–Kier alpha value is -0.920. The fourth-order valence-corrected chi connectivity index (χ4v) is 0.457. The van der Waals surface area contributed by atoms with Crippen molar-refractivity contribution in [1.82, 2.24) is 9.97 Å². The van der Waals surface area contributed by atoms with Crippen LogP contribution in [-0.4, -0.2) is 9.97 Å². The van der Waals surface area contributed by atoms with Crippen molar-refractivity contribution in [3.05, 3.63) is 23.8 Å². The van der Waals surface area contributed by atoms with Crippen LogP contribution in [0.15, 0.2) is 12.4 Å². The summed E-state index contributed by atoms with van der Waals surface area (Å²) in [6.07, 6.45) is 3.52. The molecule has 2 nitrogen and oxygen atoms in total. The second-order valence-corrected chi connectivity index (χ2v) is 1.80. The Balaban J connectivity index is 0. The van der Waals surface area contributed by atoms with E-state index < -0.39 is 0 Å². The Kier molecular flexibility index (Phi) is 11.5. The molecule has 12 heavy (non-hydrogen) atoms. The maximum absolute atomic E-state index is 4.02. The van der Waals surface area contributed by atoms with Crippen LogP contribution in [-0.2, 0) is 0 Å². The molecule has 0 aliphatic carbocycles. The fourth-order valence-electron chi connectivity index (χ4n) is 0.457. The summed E-state index contributed by atoms with van der Waals surface area (Å²) in [5.74, 6) is 0. The monoisotopic (exact) mass is 168 g/mol. The SMILES string of the molecule is CC.CC.Cc1cnc(C)cn1. The standard InChI is InChI=1S/C6H8N2.2C2H6/c1-5-3-8-6(2)4-7-5;2*1-2/h3-4H,1-2H3;2*1-2H3. The molecule has 0 aliphatic rings.